The summed E-state index contributed by atoms with van der Waals surface area (Å²) in [6.07, 6.45) is 3.42. The molecule has 0 aliphatic carbocycles. The highest BCUT2D eigenvalue weighted by Gasteiger charge is 2.46. The van der Waals surface area contributed by atoms with Crippen molar-refractivity contribution in [2.45, 2.75) is 50.3 Å². The molecule has 0 fully saturated rings. The van der Waals surface area contributed by atoms with Crippen molar-refractivity contribution in [1.29, 1.82) is 0 Å². The number of ketones is 1. The van der Waals surface area contributed by atoms with Crippen LogP contribution in [0, 0.1) is 0 Å². The van der Waals surface area contributed by atoms with Gasteiger partial charge in [0.1, 0.15) is 0 Å². The van der Waals surface area contributed by atoms with Crippen molar-refractivity contribution in [1.82, 2.24) is 10.2 Å². The second kappa shape index (κ2) is 7.69. The van der Waals surface area contributed by atoms with Gasteiger partial charge in [0.15, 0.2) is 21.2 Å². The molecule has 8 nitrogen and oxygen atoms in total. The predicted molar refractivity (Wildman–Crippen MR) is 86.4 cm³/mol. The van der Waals surface area contributed by atoms with Gasteiger partial charge in [-0.15, -0.1) is 0 Å². The standard InChI is InChI=1S/C14H24N4O4S/c1-3-5-11(6-4-2)23(21,22)9-14(16,13(15)20)12(19)10-7-17-18-8-10/h7-8,11H,3-6,9,16H2,1-2H3,(H2,15,20)(H,17,18)/t14-/m1/s1/i11D. The van der Waals surface area contributed by atoms with Crippen LogP contribution in [0.5, 0.6) is 0 Å². The maximum absolute atomic E-state index is 12.8. The zero-order valence-electron chi connectivity index (χ0n) is 14.3. The van der Waals surface area contributed by atoms with Crippen LogP contribution in [0.1, 0.15) is 51.3 Å². The molecule has 0 aliphatic heterocycles. The Balaban J connectivity index is 3.28. The van der Waals surface area contributed by atoms with Crippen LogP contribution < -0.4 is 11.5 Å². The van der Waals surface area contributed by atoms with Gasteiger partial charge in [0.2, 0.25) is 5.91 Å². The Hall–Kier alpha value is -1.74. The number of nitrogens with zero attached hydrogens (tertiary/aromatic N) is 1. The molecule has 0 spiro atoms. The zero-order chi connectivity index (χ0) is 18.6. The van der Waals surface area contributed by atoms with E-state index in [1.807, 2.05) is 0 Å². The fourth-order valence-electron chi connectivity index (χ4n) is 2.28. The molecule has 1 aromatic rings. The second-order valence-electron chi connectivity index (χ2n) is 5.45. The minimum Gasteiger partial charge on any atom is -0.368 e. The molecule has 1 amide bonds. The lowest BCUT2D eigenvalue weighted by molar-refractivity contribution is -0.120. The smallest absolute Gasteiger partial charge is 0.246 e. The highest BCUT2D eigenvalue weighted by molar-refractivity contribution is 7.92. The van der Waals surface area contributed by atoms with Gasteiger partial charge in [-0.05, 0) is 12.8 Å². The molecule has 0 bridgehead atoms. The summed E-state index contributed by atoms with van der Waals surface area (Å²) in [5.74, 6) is -3.21. The number of sulfone groups is 1. The number of rotatable bonds is 10. The van der Waals surface area contributed by atoms with Crippen molar-refractivity contribution in [3.8, 4) is 0 Å². The summed E-state index contributed by atoms with van der Waals surface area (Å²) in [5, 5.41) is 4.16. The number of aromatic nitrogens is 2. The molecule has 1 rings (SSSR count). The number of H-pyrrole nitrogens is 1. The summed E-state index contributed by atoms with van der Waals surface area (Å²) in [5.41, 5.74) is 8.56. The van der Waals surface area contributed by atoms with E-state index in [1.165, 1.54) is 6.20 Å². The van der Waals surface area contributed by atoms with E-state index in [0.29, 0.717) is 12.8 Å². The van der Waals surface area contributed by atoms with Crippen LogP contribution in [0.2, 0.25) is 0 Å². The fraction of sp³-hybridized carbons (Fsp3) is 0.643. The molecule has 1 aromatic heterocycles. The van der Waals surface area contributed by atoms with Crippen LogP contribution in [0.15, 0.2) is 12.4 Å². The minimum atomic E-state index is -4.20. The zero-order valence-corrected chi connectivity index (χ0v) is 14.1. The molecule has 5 N–H and O–H groups in total. The van der Waals surface area contributed by atoms with Gasteiger partial charge in [-0.2, -0.15) is 5.10 Å². The van der Waals surface area contributed by atoms with Gasteiger partial charge >= 0.3 is 0 Å². The van der Waals surface area contributed by atoms with Crippen molar-refractivity contribution in [2.75, 3.05) is 5.75 Å². The van der Waals surface area contributed by atoms with Crippen molar-refractivity contribution in [3.63, 3.8) is 0 Å². The van der Waals surface area contributed by atoms with E-state index in [1.54, 1.807) is 13.8 Å². The number of hydrogen-bond donors (Lipinski definition) is 3. The van der Waals surface area contributed by atoms with Crippen LogP contribution in [0.25, 0.3) is 0 Å². The van der Waals surface area contributed by atoms with Gasteiger partial charge in [0.05, 0.1) is 22.7 Å². The number of amides is 1. The third-order valence-corrected chi connectivity index (χ3v) is 5.64. The van der Waals surface area contributed by atoms with E-state index < -0.39 is 38.0 Å². The maximum Gasteiger partial charge on any atom is 0.246 e. The largest absolute Gasteiger partial charge is 0.368 e. The molecule has 0 aliphatic rings. The van der Waals surface area contributed by atoms with E-state index >= 15 is 0 Å². The number of aromatic amines is 1. The highest BCUT2D eigenvalue weighted by atomic mass is 32.2. The van der Waals surface area contributed by atoms with E-state index in [2.05, 4.69) is 10.2 Å². The van der Waals surface area contributed by atoms with Crippen LogP contribution in [0.3, 0.4) is 0 Å². The monoisotopic (exact) mass is 345 g/mol. The Bertz CT molecular complexity index is 684. The molecule has 1 heterocycles. The Kier molecular flexibility index (Phi) is 5.89. The Morgan fingerprint density at radius 1 is 1.39 bits per heavy atom. The number of Topliss-reactive ketones (excluding diaryl/α,β-unsaturated/α-hetero) is 1. The number of carbonyl (C=O) groups is 2. The maximum atomic E-state index is 12.8. The van der Waals surface area contributed by atoms with Gasteiger partial charge in [-0.3, -0.25) is 14.7 Å². The normalized spacial score (nSPS) is 15.7. The first-order valence-electron chi connectivity index (χ1n) is 7.88. The molecule has 0 aromatic carbocycles. The quantitative estimate of drug-likeness (QED) is 0.406. The molecule has 130 valence electrons. The minimum absolute atomic E-state index is 0.0481. The van der Waals surface area contributed by atoms with Gasteiger partial charge in [-0.25, -0.2) is 8.42 Å². The Morgan fingerprint density at radius 2 is 1.96 bits per heavy atom. The number of hydrogen-bond acceptors (Lipinski definition) is 6. The third kappa shape index (κ3) is 4.38. The third-order valence-electron chi connectivity index (χ3n) is 3.52. The van der Waals surface area contributed by atoms with Crippen molar-refractivity contribution >= 4 is 21.5 Å². The number of carbonyl (C=O) groups excluding carboxylic acids is 2. The number of nitrogens with one attached hydrogen (secondary N) is 1. The fourth-order valence-corrected chi connectivity index (χ4v) is 4.38. The van der Waals surface area contributed by atoms with Crippen molar-refractivity contribution < 1.29 is 19.4 Å². The van der Waals surface area contributed by atoms with Crippen LogP contribution in [-0.2, 0) is 14.6 Å². The molecule has 1 atom stereocenters. The van der Waals surface area contributed by atoms with Gasteiger partial charge in [-0.1, -0.05) is 26.7 Å². The van der Waals surface area contributed by atoms with E-state index in [-0.39, 0.29) is 18.4 Å². The SMILES string of the molecule is [2H]C(CCC)(CCC)S(=O)(=O)C[C@](N)(C(N)=O)C(=O)c1cn[nH]c1. The second-order valence-corrected chi connectivity index (χ2v) is 7.54. The summed E-state index contributed by atoms with van der Waals surface area (Å²) >= 11 is 0. The molecular weight excluding hydrogens is 320 g/mol. The molecule has 0 saturated heterocycles. The summed E-state index contributed by atoms with van der Waals surface area (Å²) in [6.45, 7) is 3.52. The van der Waals surface area contributed by atoms with Crippen molar-refractivity contribution in [3.05, 3.63) is 18.0 Å². The first-order chi connectivity index (χ1) is 11.0. The molecular formula is C14H24N4O4S. The van der Waals surface area contributed by atoms with Crippen LogP contribution in [0.4, 0.5) is 0 Å². The summed E-state index contributed by atoms with van der Waals surface area (Å²) in [4.78, 5) is 24.3. The lowest BCUT2D eigenvalue weighted by Crippen LogP contribution is -2.63. The Morgan fingerprint density at radius 3 is 2.35 bits per heavy atom. The van der Waals surface area contributed by atoms with E-state index in [0.717, 1.165) is 6.20 Å². The number of nitrogens with two attached hydrogens (primary N) is 2. The first-order valence-corrected chi connectivity index (χ1v) is 9.04. The molecule has 23 heavy (non-hydrogen) atoms. The molecule has 9 heteroatoms. The van der Waals surface area contributed by atoms with Crippen LogP contribution >= 0.6 is 0 Å². The van der Waals surface area contributed by atoms with Gasteiger partial charge in [0.25, 0.3) is 0 Å². The molecule has 0 saturated carbocycles. The predicted octanol–water partition coefficient (Wildman–Crippen LogP) is 0.159. The average Bonchev–Trinajstić information content (AvgIpc) is 3.00. The Labute approximate surface area is 137 Å². The van der Waals surface area contributed by atoms with Crippen LogP contribution in [-0.4, -0.2) is 46.8 Å². The lowest BCUT2D eigenvalue weighted by Gasteiger charge is -2.26. The molecule has 0 radical (unpaired) electrons. The van der Waals surface area contributed by atoms with E-state index in [9.17, 15) is 18.0 Å². The highest BCUT2D eigenvalue weighted by Crippen LogP contribution is 2.21. The lowest BCUT2D eigenvalue weighted by atomic mass is 9.93. The topological polar surface area (TPSA) is 149 Å². The molecule has 0 unspecified atom stereocenters. The van der Waals surface area contributed by atoms with E-state index in [4.69, 9.17) is 12.8 Å². The summed E-state index contributed by atoms with van der Waals surface area (Å²) < 4.78 is 33.9. The van der Waals surface area contributed by atoms with Gasteiger partial charge in [0, 0.05) is 7.57 Å². The average molecular weight is 345 g/mol. The first kappa shape index (κ1) is 17.6. The summed E-state index contributed by atoms with van der Waals surface area (Å²) in [6, 6.07) is 0. The van der Waals surface area contributed by atoms with Crippen molar-refractivity contribution in [2.24, 2.45) is 11.5 Å². The number of primary amides is 1. The van der Waals surface area contributed by atoms with Gasteiger partial charge < -0.3 is 11.5 Å². The summed E-state index contributed by atoms with van der Waals surface area (Å²) in [7, 11) is -4.20.